The van der Waals surface area contributed by atoms with Gasteiger partial charge in [-0.15, -0.1) is 10.2 Å². The number of phenols is 1. The Morgan fingerprint density at radius 3 is 2.84 bits per heavy atom. The Bertz CT molecular complexity index is 882. The van der Waals surface area contributed by atoms with Gasteiger partial charge in [-0.3, -0.25) is 9.78 Å². The SMILES string of the molecule is O=C(CSc1nnc(-c2ccncc2)o1)N/N=C/c1ccccc1O. The molecule has 0 unspecified atom stereocenters. The summed E-state index contributed by atoms with van der Waals surface area (Å²) in [6.45, 7) is 0. The first-order valence-electron chi connectivity index (χ1n) is 7.19. The van der Waals surface area contributed by atoms with Gasteiger partial charge < -0.3 is 9.52 Å². The molecule has 0 saturated carbocycles. The fourth-order valence-corrected chi connectivity index (χ4v) is 2.36. The molecule has 3 aromatic rings. The van der Waals surface area contributed by atoms with Crippen LogP contribution >= 0.6 is 11.8 Å². The summed E-state index contributed by atoms with van der Waals surface area (Å²) in [4.78, 5) is 15.7. The fourth-order valence-electron chi connectivity index (χ4n) is 1.81. The Balaban J connectivity index is 1.50. The van der Waals surface area contributed by atoms with E-state index in [1.807, 2.05) is 0 Å². The van der Waals surface area contributed by atoms with Crippen LogP contribution in [0.1, 0.15) is 5.56 Å². The zero-order valence-electron chi connectivity index (χ0n) is 12.9. The summed E-state index contributed by atoms with van der Waals surface area (Å²) in [6, 6.07) is 10.2. The molecule has 2 aromatic heterocycles. The van der Waals surface area contributed by atoms with Gasteiger partial charge in [0.1, 0.15) is 5.75 Å². The van der Waals surface area contributed by atoms with E-state index in [0.717, 1.165) is 17.3 Å². The predicted octanol–water partition coefficient (Wildman–Crippen LogP) is 2.08. The third kappa shape index (κ3) is 4.64. The second-order valence-corrected chi connectivity index (χ2v) is 5.68. The number of pyridine rings is 1. The van der Waals surface area contributed by atoms with Crippen LogP contribution < -0.4 is 5.43 Å². The molecule has 0 atom stereocenters. The molecular weight excluding hydrogens is 342 g/mol. The number of carbonyl (C=O) groups is 1. The molecule has 0 fully saturated rings. The van der Waals surface area contributed by atoms with E-state index in [1.54, 1.807) is 42.7 Å². The molecule has 25 heavy (non-hydrogen) atoms. The van der Waals surface area contributed by atoms with Crippen LogP contribution in [-0.2, 0) is 4.79 Å². The summed E-state index contributed by atoms with van der Waals surface area (Å²) in [5.74, 6) is 0.184. The van der Waals surface area contributed by atoms with E-state index in [2.05, 4.69) is 25.7 Å². The summed E-state index contributed by atoms with van der Waals surface area (Å²) in [5, 5.41) is 21.5. The van der Waals surface area contributed by atoms with Gasteiger partial charge in [0.05, 0.1) is 12.0 Å². The highest BCUT2D eigenvalue weighted by Gasteiger charge is 2.10. The normalized spacial score (nSPS) is 10.9. The number of benzene rings is 1. The Morgan fingerprint density at radius 2 is 2.04 bits per heavy atom. The van der Waals surface area contributed by atoms with Crippen molar-refractivity contribution >= 4 is 23.9 Å². The number of rotatable bonds is 6. The quantitative estimate of drug-likeness (QED) is 0.395. The van der Waals surface area contributed by atoms with E-state index >= 15 is 0 Å². The number of hydrazone groups is 1. The minimum atomic E-state index is -0.333. The molecule has 0 bridgehead atoms. The van der Waals surface area contributed by atoms with Gasteiger partial charge in [-0.2, -0.15) is 5.10 Å². The van der Waals surface area contributed by atoms with Gasteiger partial charge in [0.15, 0.2) is 0 Å². The molecule has 8 nitrogen and oxygen atoms in total. The molecule has 3 rings (SSSR count). The van der Waals surface area contributed by atoms with Gasteiger partial charge >= 0.3 is 0 Å². The Kier molecular flexibility index (Phi) is 5.37. The molecule has 1 amide bonds. The minimum absolute atomic E-state index is 0.0656. The molecule has 9 heteroatoms. The lowest BCUT2D eigenvalue weighted by atomic mass is 10.2. The number of amides is 1. The zero-order valence-corrected chi connectivity index (χ0v) is 13.7. The van der Waals surface area contributed by atoms with Crippen molar-refractivity contribution in [3.05, 3.63) is 54.4 Å². The van der Waals surface area contributed by atoms with Gasteiger partial charge in [0.2, 0.25) is 5.89 Å². The first kappa shape index (κ1) is 16.7. The molecule has 2 heterocycles. The van der Waals surface area contributed by atoms with E-state index in [1.165, 1.54) is 12.3 Å². The van der Waals surface area contributed by atoms with Crippen molar-refractivity contribution in [3.63, 3.8) is 0 Å². The van der Waals surface area contributed by atoms with Crippen LogP contribution in [-0.4, -0.2) is 38.2 Å². The summed E-state index contributed by atoms with van der Waals surface area (Å²) in [7, 11) is 0. The van der Waals surface area contributed by atoms with E-state index in [0.29, 0.717) is 11.5 Å². The van der Waals surface area contributed by atoms with Gasteiger partial charge in [-0.25, -0.2) is 5.43 Å². The predicted molar refractivity (Wildman–Crippen MR) is 92.1 cm³/mol. The lowest BCUT2D eigenvalue weighted by Gasteiger charge is -1.98. The maximum Gasteiger partial charge on any atom is 0.277 e. The van der Waals surface area contributed by atoms with E-state index in [4.69, 9.17) is 4.42 Å². The summed E-state index contributed by atoms with van der Waals surface area (Å²) in [6.07, 6.45) is 4.62. The maximum atomic E-state index is 11.8. The number of aromatic nitrogens is 3. The van der Waals surface area contributed by atoms with Crippen molar-refractivity contribution in [1.82, 2.24) is 20.6 Å². The van der Waals surface area contributed by atoms with E-state index in [-0.39, 0.29) is 22.6 Å². The highest BCUT2D eigenvalue weighted by Crippen LogP contribution is 2.22. The van der Waals surface area contributed by atoms with Gasteiger partial charge in [-0.1, -0.05) is 23.9 Å². The summed E-state index contributed by atoms with van der Waals surface area (Å²) < 4.78 is 5.47. The third-order valence-electron chi connectivity index (χ3n) is 2.99. The molecule has 0 aliphatic heterocycles. The van der Waals surface area contributed by atoms with Crippen molar-refractivity contribution in [3.8, 4) is 17.2 Å². The average Bonchev–Trinajstić information content (AvgIpc) is 3.11. The lowest BCUT2D eigenvalue weighted by Crippen LogP contribution is -2.19. The van der Waals surface area contributed by atoms with Crippen molar-refractivity contribution in [2.75, 3.05) is 5.75 Å². The van der Waals surface area contributed by atoms with Crippen LogP contribution in [0.5, 0.6) is 5.75 Å². The summed E-state index contributed by atoms with van der Waals surface area (Å²) in [5.41, 5.74) is 3.63. The zero-order chi connectivity index (χ0) is 17.5. The number of hydrogen-bond donors (Lipinski definition) is 2. The number of thioether (sulfide) groups is 1. The Morgan fingerprint density at radius 1 is 1.24 bits per heavy atom. The molecule has 126 valence electrons. The van der Waals surface area contributed by atoms with Crippen LogP contribution in [0.4, 0.5) is 0 Å². The van der Waals surface area contributed by atoms with Crippen LogP contribution in [0.15, 0.2) is 63.5 Å². The van der Waals surface area contributed by atoms with Crippen LogP contribution in [0.2, 0.25) is 0 Å². The molecule has 1 aromatic carbocycles. The second kappa shape index (κ2) is 8.06. The third-order valence-corrected chi connectivity index (χ3v) is 3.81. The number of nitrogens with zero attached hydrogens (tertiary/aromatic N) is 4. The van der Waals surface area contributed by atoms with E-state index < -0.39 is 0 Å². The summed E-state index contributed by atoms with van der Waals surface area (Å²) >= 11 is 1.10. The smallest absolute Gasteiger partial charge is 0.277 e. The van der Waals surface area contributed by atoms with Crippen LogP contribution in [0.3, 0.4) is 0 Å². The number of phenolic OH excluding ortho intramolecular Hbond substituents is 1. The standard InChI is InChI=1S/C16H13N5O3S/c22-13-4-2-1-3-12(13)9-18-19-14(23)10-25-16-21-20-15(24-16)11-5-7-17-8-6-11/h1-9,22H,10H2,(H,19,23)/b18-9+. The molecule has 0 radical (unpaired) electrons. The molecular formula is C16H13N5O3S. The number of nitrogens with one attached hydrogen (secondary N) is 1. The molecule has 0 spiro atoms. The van der Waals surface area contributed by atoms with Crippen molar-refractivity contribution in [2.45, 2.75) is 5.22 Å². The molecule has 0 aliphatic rings. The number of aromatic hydroxyl groups is 1. The monoisotopic (exact) mass is 355 g/mol. The largest absolute Gasteiger partial charge is 0.507 e. The topological polar surface area (TPSA) is 114 Å². The second-order valence-electron chi connectivity index (χ2n) is 4.75. The van der Waals surface area contributed by atoms with Crippen molar-refractivity contribution in [2.24, 2.45) is 5.10 Å². The number of carbonyl (C=O) groups excluding carboxylic acids is 1. The maximum absolute atomic E-state index is 11.8. The van der Waals surface area contributed by atoms with Crippen LogP contribution in [0, 0.1) is 0 Å². The van der Waals surface area contributed by atoms with Gasteiger partial charge in [0.25, 0.3) is 11.1 Å². The van der Waals surface area contributed by atoms with Crippen LogP contribution in [0.25, 0.3) is 11.5 Å². The van der Waals surface area contributed by atoms with Gasteiger partial charge in [0, 0.05) is 23.5 Å². The fraction of sp³-hybridized carbons (Fsp3) is 0.0625. The minimum Gasteiger partial charge on any atom is -0.507 e. The first-order valence-corrected chi connectivity index (χ1v) is 8.17. The number of para-hydroxylation sites is 1. The Hall–Kier alpha value is -3.20. The van der Waals surface area contributed by atoms with Gasteiger partial charge in [-0.05, 0) is 24.3 Å². The number of hydrogen-bond acceptors (Lipinski definition) is 8. The van der Waals surface area contributed by atoms with Crippen molar-refractivity contribution < 1.29 is 14.3 Å². The lowest BCUT2D eigenvalue weighted by molar-refractivity contribution is -0.118. The molecule has 2 N–H and O–H groups in total. The molecule has 0 saturated heterocycles. The Labute approximate surface area is 147 Å². The molecule has 0 aliphatic carbocycles. The first-order chi connectivity index (χ1) is 12.2. The highest BCUT2D eigenvalue weighted by molar-refractivity contribution is 7.99. The highest BCUT2D eigenvalue weighted by atomic mass is 32.2. The van der Waals surface area contributed by atoms with Crippen molar-refractivity contribution in [1.29, 1.82) is 0 Å². The van der Waals surface area contributed by atoms with E-state index in [9.17, 15) is 9.90 Å². The average molecular weight is 355 g/mol.